The summed E-state index contributed by atoms with van der Waals surface area (Å²) < 4.78 is 50.2. The van der Waals surface area contributed by atoms with Crippen LogP contribution in [0.5, 0.6) is 0 Å². The molecule has 1 rings (SSSR count). The number of nitrogens with zero attached hydrogens (tertiary/aromatic N) is 2. The van der Waals surface area contributed by atoms with Crippen LogP contribution in [-0.4, -0.2) is 69.5 Å². The number of allylic oxidation sites excluding steroid dienone is 1. The Labute approximate surface area is 146 Å². The number of aliphatic imine (C=N–C) groups is 1. The first-order valence-electron chi connectivity index (χ1n) is 8.48. The van der Waals surface area contributed by atoms with E-state index in [1.165, 1.54) is 7.05 Å². The van der Waals surface area contributed by atoms with Crippen LogP contribution in [0.4, 0.5) is 17.6 Å². The van der Waals surface area contributed by atoms with Crippen molar-refractivity contribution in [2.75, 3.05) is 34.2 Å². The molecule has 1 saturated carbocycles. The predicted octanol–water partition coefficient (Wildman–Crippen LogP) is 2.03. The Morgan fingerprint density at radius 2 is 2.08 bits per heavy atom. The molecule has 0 spiro atoms. The number of alkyl halides is 4. The standard InChI is InChI=1S/C16H29F4N5/c1-21-8-6-12(17)11-25(3)14-5-4-13(10-14)24-15(22-2)23-9-7-16(18,19)20/h7,9,12-14,21H,4-6,8,10-11H2,1-3H3,(H2,22,23,24)/b9-7+/t12?,13-,14?/m0/s1. The van der Waals surface area contributed by atoms with Crippen molar-refractivity contribution in [3.63, 3.8) is 0 Å². The summed E-state index contributed by atoms with van der Waals surface area (Å²) in [5, 5.41) is 8.56. The number of rotatable bonds is 8. The van der Waals surface area contributed by atoms with Crippen molar-refractivity contribution < 1.29 is 17.6 Å². The molecule has 1 aliphatic rings. The van der Waals surface area contributed by atoms with Crippen LogP contribution in [0, 0.1) is 0 Å². The quantitative estimate of drug-likeness (QED) is 0.349. The average Bonchev–Trinajstić information content (AvgIpc) is 2.99. The maximum Gasteiger partial charge on any atom is 0.411 e. The van der Waals surface area contributed by atoms with E-state index in [9.17, 15) is 17.6 Å². The van der Waals surface area contributed by atoms with Gasteiger partial charge in [0.25, 0.3) is 0 Å². The second kappa shape index (κ2) is 10.6. The van der Waals surface area contributed by atoms with Crippen molar-refractivity contribution in [3.05, 3.63) is 12.3 Å². The van der Waals surface area contributed by atoms with Gasteiger partial charge in [0.1, 0.15) is 6.17 Å². The third kappa shape index (κ3) is 9.06. The van der Waals surface area contributed by atoms with Gasteiger partial charge in [-0.1, -0.05) is 0 Å². The highest BCUT2D eigenvalue weighted by Crippen LogP contribution is 2.24. The van der Waals surface area contributed by atoms with Crippen LogP contribution in [0.1, 0.15) is 25.7 Å². The highest BCUT2D eigenvalue weighted by Gasteiger charge is 2.29. The van der Waals surface area contributed by atoms with Crippen molar-refractivity contribution in [3.8, 4) is 0 Å². The minimum atomic E-state index is -4.36. The molecule has 1 fully saturated rings. The van der Waals surface area contributed by atoms with Crippen LogP contribution in [0.2, 0.25) is 0 Å². The average molecular weight is 367 g/mol. The first-order valence-corrected chi connectivity index (χ1v) is 8.48. The molecule has 3 N–H and O–H groups in total. The molecule has 9 heteroatoms. The van der Waals surface area contributed by atoms with Gasteiger partial charge in [-0.2, -0.15) is 13.2 Å². The van der Waals surface area contributed by atoms with Crippen LogP contribution in [0.25, 0.3) is 0 Å². The van der Waals surface area contributed by atoms with Crippen molar-refractivity contribution in [1.82, 2.24) is 20.9 Å². The van der Waals surface area contributed by atoms with Crippen LogP contribution in [-0.2, 0) is 0 Å². The smallest absolute Gasteiger partial charge is 0.353 e. The molecule has 2 unspecified atom stereocenters. The van der Waals surface area contributed by atoms with E-state index in [0.29, 0.717) is 25.5 Å². The molecule has 0 aromatic rings. The van der Waals surface area contributed by atoms with Gasteiger partial charge in [0.05, 0.1) is 0 Å². The fourth-order valence-corrected chi connectivity index (χ4v) is 2.92. The summed E-state index contributed by atoms with van der Waals surface area (Å²) >= 11 is 0. The Morgan fingerprint density at radius 3 is 2.68 bits per heavy atom. The lowest BCUT2D eigenvalue weighted by molar-refractivity contribution is -0.0800. The first-order chi connectivity index (χ1) is 11.7. The topological polar surface area (TPSA) is 51.7 Å². The van der Waals surface area contributed by atoms with Crippen molar-refractivity contribution in [1.29, 1.82) is 0 Å². The molecule has 0 aliphatic heterocycles. The van der Waals surface area contributed by atoms with E-state index in [-0.39, 0.29) is 18.2 Å². The summed E-state index contributed by atoms with van der Waals surface area (Å²) in [6.45, 7) is 1.04. The van der Waals surface area contributed by atoms with Gasteiger partial charge in [0.2, 0.25) is 0 Å². The second-order valence-electron chi connectivity index (χ2n) is 6.33. The lowest BCUT2D eigenvalue weighted by Gasteiger charge is -2.26. The Hall–Kier alpha value is -1.35. The van der Waals surface area contributed by atoms with E-state index in [4.69, 9.17) is 0 Å². The molecule has 0 radical (unpaired) electrons. The monoisotopic (exact) mass is 367 g/mol. The minimum Gasteiger partial charge on any atom is -0.353 e. The van der Waals surface area contributed by atoms with E-state index >= 15 is 0 Å². The van der Waals surface area contributed by atoms with Gasteiger partial charge in [-0.25, -0.2) is 4.39 Å². The largest absolute Gasteiger partial charge is 0.411 e. The van der Waals surface area contributed by atoms with Gasteiger partial charge >= 0.3 is 6.18 Å². The number of halogens is 4. The summed E-state index contributed by atoms with van der Waals surface area (Å²) in [6.07, 6.45) is -1.21. The zero-order chi connectivity index (χ0) is 18.9. The van der Waals surface area contributed by atoms with Gasteiger partial charge in [-0.15, -0.1) is 0 Å². The van der Waals surface area contributed by atoms with E-state index < -0.39 is 12.3 Å². The van der Waals surface area contributed by atoms with Gasteiger partial charge < -0.3 is 20.9 Å². The van der Waals surface area contributed by atoms with Crippen molar-refractivity contribution in [2.24, 2.45) is 4.99 Å². The maximum absolute atomic E-state index is 13.9. The SMILES string of the molecule is CN=C(N/C=C/C(F)(F)F)N[C@H]1CCC(N(C)CC(F)CCNC)C1. The lowest BCUT2D eigenvalue weighted by atomic mass is 10.2. The third-order valence-corrected chi connectivity index (χ3v) is 4.28. The molecule has 0 saturated heterocycles. The molecule has 0 heterocycles. The van der Waals surface area contributed by atoms with Gasteiger partial charge in [0, 0.05) is 38.0 Å². The van der Waals surface area contributed by atoms with Crippen LogP contribution >= 0.6 is 0 Å². The van der Waals surface area contributed by atoms with Gasteiger partial charge in [0.15, 0.2) is 5.96 Å². The molecule has 25 heavy (non-hydrogen) atoms. The summed E-state index contributed by atoms with van der Waals surface area (Å²) in [5.74, 6) is 0.297. The minimum absolute atomic E-state index is 0.105. The summed E-state index contributed by atoms with van der Waals surface area (Å²) in [6, 6.07) is 0.363. The van der Waals surface area contributed by atoms with E-state index in [2.05, 4.69) is 20.9 Å². The molecule has 0 aromatic heterocycles. The molecular weight excluding hydrogens is 338 g/mol. The van der Waals surface area contributed by atoms with Gasteiger partial charge in [-0.05, 0) is 46.3 Å². The number of hydrogen-bond acceptors (Lipinski definition) is 3. The Balaban J connectivity index is 2.39. The number of nitrogens with one attached hydrogen (secondary N) is 3. The number of hydrogen-bond donors (Lipinski definition) is 3. The molecular formula is C16H29F4N5. The highest BCUT2D eigenvalue weighted by atomic mass is 19.4. The second-order valence-corrected chi connectivity index (χ2v) is 6.33. The zero-order valence-electron chi connectivity index (χ0n) is 15.0. The normalized spacial score (nSPS) is 23.4. The molecule has 146 valence electrons. The molecule has 0 aromatic carbocycles. The van der Waals surface area contributed by atoms with Crippen molar-refractivity contribution >= 4 is 5.96 Å². The van der Waals surface area contributed by atoms with E-state index in [0.717, 1.165) is 25.5 Å². The van der Waals surface area contributed by atoms with E-state index in [1.807, 2.05) is 11.9 Å². The number of guanidine groups is 1. The van der Waals surface area contributed by atoms with Crippen LogP contribution in [0.15, 0.2) is 17.3 Å². The predicted molar refractivity (Wildman–Crippen MR) is 92.3 cm³/mol. The fraction of sp³-hybridized carbons (Fsp3) is 0.812. The third-order valence-electron chi connectivity index (χ3n) is 4.28. The molecule has 5 nitrogen and oxygen atoms in total. The summed E-state index contributed by atoms with van der Waals surface area (Å²) in [4.78, 5) is 5.95. The zero-order valence-corrected chi connectivity index (χ0v) is 15.0. The van der Waals surface area contributed by atoms with Crippen molar-refractivity contribution in [2.45, 2.75) is 50.1 Å². The fourth-order valence-electron chi connectivity index (χ4n) is 2.92. The van der Waals surface area contributed by atoms with E-state index in [1.54, 1.807) is 7.05 Å². The lowest BCUT2D eigenvalue weighted by Crippen LogP contribution is -2.42. The van der Waals surface area contributed by atoms with Gasteiger partial charge in [-0.3, -0.25) is 4.99 Å². The first kappa shape index (κ1) is 21.7. The summed E-state index contributed by atoms with van der Waals surface area (Å²) in [5.41, 5.74) is 0. The maximum atomic E-state index is 13.9. The molecule has 0 bridgehead atoms. The summed E-state index contributed by atoms with van der Waals surface area (Å²) in [7, 11) is 5.22. The molecule has 1 aliphatic carbocycles. The Bertz CT molecular complexity index is 439. The molecule has 3 atom stereocenters. The Kier molecular flexibility index (Phi) is 9.20. The highest BCUT2D eigenvalue weighted by molar-refractivity contribution is 5.80. The Morgan fingerprint density at radius 1 is 1.36 bits per heavy atom. The molecule has 0 amide bonds. The van der Waals surface area contributed by atoms with Crippen LogP contribution < -0.4 is 16.0 Å². The van der Waals surface area contributed by atoms with Crippen LogP contribution in [0.3, 0.4) is 0 Å².